The first-order chi connectivity index (χ1) is 9.66. The van der Waals surface area contributed by atoms with Gasteiger partial charge in [0.2, 0.25) is 0 Å². The average molecular weight is 272 g/mol. The van der Waals surface area contributed by atoms with Crippen molar-refractivity contribution in [3.8, 4) is 0 Å². The van der Waals surface area contributed by atoms with E-state index in [1.807, 2.05) is 50.6 Å². The molecular formula is C16H20N2O2. The molecule has 0 radical (unpaired) electrons. The predicted molar refractivity (Wildman–Crippen MR) is 81.2 cm³/mol. The van der Waals surface area contributed by atoms with E-state index in [4.69, 9.17) is 4.42 Å². The van der Waals surface area contributed by atoms with Crippen molar-refractivity contribution in [2.45, 2.75) is 25.7 Å². The van der Waals surface area contributed by atoms with Crippen molar-refractivity contribution in [1.29, 1.82) is 0 Å². The minimum absolute atomic E-state index is 0.0748. The molecule has 0 amide bonds. The van der Waals surface area contributed by atoms with Crippen LogP contribution in [0.25, 0.3) is 11.0 Å². The fourth-order valence-electron chi connectivity index (χ4n) is 1.98. The van der Waals surface area contributed by atoms with Gasteiger partial charge in [-0.2, -0.15) is 5.10 Å². The SMILES string of the molecule is CN(C)/N=C/CCCCC(=O)c1cc2ccccc2o1. The lowest BCUT2D eigenvalue weighted by atomic mass is 10.1. The summed E-state index contributed by atoms with van der Waals surface area (Å²) in [6.07, 6.45) is 5.12. The van der Waals surface area contributed by atoms with E-state index in [2.05, 4.69) is 5.10 Å². The van der Waals surface area contributed by atoms with Crippen molar-refractivity contribution >= 4 is 23.0 Å². The highest BCUT2D eigenvalue weighted by molar-refractivity contribution is 5.97. The van der Waals surface area contributed by atoms with Gasteiger partial charge in [0, 0.05) is 32.1 Å². The summed E-state index contributed by atoms with van der Waals surface area (Å²) in [5.74, 6) is 0.541. The molecule has 4 heteroatoms. The second kappa shape index (κ2) is 6.89. The Bertz CT molecular complexity index is 566. The normalized spacial score (nSPS) is 11.3. The van der Waals surface area contributed by atoms with Crippen molar-refractivity contribution in [2.24, 2.45) is 5.10 Å². The van der Waals surface area contributed by atoms with E-state index in [0.717, 1.165) is 30.2 Å². The molecule has 0 N–H and O–H groups in total. The number of carbonyl (C=O) groups excluding carboxylic acids is 1. The molecule has 0 aliphatic carbocycles. The van der Waals surface area contributed by atoms with Crippen molar-refractivity contribution in [1.82, 2.24) is 5.01 Å². The second-order valence-electron chi connectivity index (χ2n) is 4.96. The first-order valence-electron chi connectivity index (χ1n) is 6.88. The van der Waals surface area contributed by atoms with Crippen molar-refractivity contribution < 1.29 is 9.21 Å². The van der Waals surface area contributed by atoms with Gasteiger partial charge in [-0.05, 0) is 31.4 Å². The molecule has 0 spiro atoms. The molecule has 0 fully saturated rings. The lowest BCUT2D eigenvalue weighted by Gasteiger charge is -2.01. The monoisotopic (exact) mass is 272 g/mol. The van der Waals surface area contributed by atoms with Crippen LogP contribution >= 0.6 is 0 Å². The Morgan fingerprint density at radius 3 is 2.85 bits per heavy atom. The lowest BCUT2D eigenvalue weighted by Crippen LogP contribution is -2.01. The van der Waals surface area contributed by atoms with Crippen LogP contribution in [0, 0.1) is 0 Å². The third-order valence-corrected chi connectivity index (χ3v) is 3.00. The summed E-state index contributed by atoms with van der Waals surface area (Å²) in [6, 6.07) is 9.50. The molecule has 0 aliphatic rings. The summed E-state index contributed by atoms with van der Waals surface area (Å²) in [4.78, 5) is 12.0. The Morgan fingerprint density at radius 1 is 1.30 bits per heavy atom. The Hall–Kier alpha value is -2.10. The van der Waals surface area contributed by atoms with Crippen LogP contribution in [0.15, 0.2) is 39.9 Å². The molecule has 0 atom stereocenters. The Kier molecular flexibility index (Phi) is 4.93. The van der Waals surface area contributed by atoms with Crippen LogP contribution in [-0.4, -0.2) is 31.1 Å². The van der Waals surface area contributed by atoms with Gasteiger partial charge >= 0.3 is 0 Å². The van der Waals surface area contributed by atoms with Crippen LogP contribution in [0.1, 0.15) is 36.2 Å². The van der Waals surface area contributed by atoms with E-state index < -0.39 is 0 Å². The van der Waals surface area contributed by atoms with Crippen LogP contribution < -0.4 is 0 Å². The second-order valence-corrected chi connectivity index (χ2v) is 4.96. The van der Waals surface area contributed by atoms with Gasteiger partial charge in [-0.25, -0.2) is 0 Å². The Labute approximate surface area is 119 Å². The topological polar surface area (TPSA) is 45.8 Å². The number of unbranched alkanes of at least 4 members (excludes halogenated alkanes) is 2. The molecule has 2 aromatic rings. The third-order valence-electron chi connectivity index (χ3n) is 3.00. The van der Waals surface area contributed by atoms with Gasteiger partial charge in [0.1, 0.15) is 5.58 Å². The Balaban J connectivity index is 1.80. The van der Waals surface area contributed by atoms with Crippen LogP contribution in [0.2, 0.25) is 0 Å². The van der Waals surface area contributed by atoms with E-state index in [-0.39, 0.29) is 5.78 Å². The lowest BCUT2D eigenvalue weighted by molar-refractivity contribution is 0.0955. The molecule has 0 saturated carbocycles. The minimum atomic E-state index is 0.0748. The molecule has 106 valence electrons. The first kappa shape index (κ1) is 14.3. The number of Topliss-reactive ketones (excluding diaryl/α,β-unsaturated/α-hetero) is 1. The summed E-state index contributed by atoms with van der Waals surface area (Å²) in [5.41, 5.74) is 0.772. The van der Waals surface area contributed by atoms with Gasteiger partial charge in [-0.3, -0.25) is 4.79 Å². The number of hydrazone groups is 1. The van der Waals surface area contributed by atoms with E-state index in [1.165, 1.54) is 0 Å². The zero-order chi connectivity index (χ0) is 14.4. The summed E-state index contributed by atoms with van der Waals surface area (Å²) >= 11 is 0. The molecule has 0 bridgehead atoms. The van der Waals surface area contributed by atoms with Crippen LogP contribution in [-0.2, 0) is 0 Å². The highest BCUT2D eigenvalue weighted by atomic mass is 16.3. The number of para-hydroxylation sites is 1. The summed E-state index contributed by atoms with van der Waals surface area (Å²) in [7, 11) is 3.78. The number of furan rings is 1. The molecule has 4 nitrogen and oxygen atoms in total. The van der Waals surface area contributed by atoms with Crippen molar-refractivity contribution in [2.75, 3.05) is 14.1 Å². The zero-order valence-corrected chi connectivity index (χ0v) is 12.0. The number of fused-ring (bicyclic) bond motifs is 1. The molecule has 2 rings (SSSR count). The molecule has 0 saturated heterocycles. The first-order valence-corrected chi connectivity index (χ1v) is 6.88. The van der Waals surface area contributed by atoms with E-state index in [1.54, 1.807) is 5.01 Å². The predicted octanol–water partition coefficient (Wildman–Crippen LogP) is 3.72. The number of nitrogens with zero attached hydrogens (tertiary/aromatic N) is 2. The molecule has 1 aromatic carbocycles. The molecule has 1 heterocycles. The summed E-state index contributed by atoms with van der Waals surface area (Å²) in [5, 5.41) is 6.88. The zero-order valence-electron chi connectivity index (χ0n) is 12.0. The molecule has 1 aromatic heterocycles. The van der Waals surface area contributed by atoms with Crippen LogP contribution in [0.5, 0.6) is 0 Å². The van der Waals surface area contributed by atoms with Gasteiger partial charge in [0.05, 0.1) is 0 Å². The van der Waals surface area contributed by atoms with E-state index in [9.17, 15) is 4.79 Å². The molecule has 0 aliphatic heterocycles. The minimum Gasteiger partial charge on any atom is -0.453 e. The summed E-state index contributed by atoms with van der Waals surface area (Å²) in [6.45, 7) is 0. The van der Waals surface area contributed by atoms with Crippen molar-refractivity contribution in [3.63, 3.8) is 0 Å². The maximum atomic E-state index is 12.0. The summed E-state index contributed by atoms with van der Waals surface area (Å²) < 4.78 is 5.56. The fourth-order valence-corrected chi connectivity index (χ4v) is 1.98. The fraction of sp³-hybridized carbons (Fsp3) is 0.375. The van der Waals surface area contributed by atoms with Gasteiger partial charge in [-0.1, -0.05) is 18.2 Å². The maximum Gasteiger partial charge on any atom is 0.198 e. The standard InChI is InChI=1S/C16H20N2O2/c1-18(2)17-11-7-3-4-9-14(19)16-12-13-8-5-6-10-15(13)20-16/h5-6,8,10-12H,3-4,7,9H2,1-2H3/b17-11+. The number of hydrogen-bond acceptors (Lipinski definition) is 4. The highest BCUT2D eigenvalue weighted by Gasteiger charge is 2.11. The number of rotatable bonds is 7. The molecular weight excluding hydrogens is 252 g/mol. The number of benzene rings is 1. The van der Waals surface area contributed by atoms with E-state index in [0.29, 0.717) is 12.2 Å². The van der Waals surface area contributed by atoms with Crippen molar-refractivity contribution in [3.05, 3.63) is 36.1 Å². The van der Waals surface area contributed by atoms with Gasteiger partial charge in [0.25, 0.3) is 0 Å². The third kappa shape index (κ3) is 3.95. The Morgan fingerprint density at radius 2 is 2.10 bits per heavy atom. The number of carbonyl (C=O) groups is 1. The molecule has 0 unspecified atom stereocenters. The highest BCUT2D eigenvalue weighted by Crippen LogP contribution is 2.20. The molecule has 20 heavy (non-hydrogen) atoms. The number of hydrogen-bond donors (Lipinski definition) is 0. The largest absolute Gasteiger partial charge is 0.453 e. The maximum absolute atomic E-state index is 12.0. The average Bonchev–Trinajstić information content (AvgIpc) is 2.86. The van der Waals surface area contributed by atoms with Crippen LogP contribution in [0.3, 0.4) is 0 Å². The number of ketones is 1. The van der Waals surface area contributed by atoms with Gasteiger partial charge < -0.3 is 9.43 Å². The van der Waals surface area contributed by atoms with Gasteiger partial charge in [0.15, 0.2) is 11.5 Å². The van der Waals surface area contributed by atoms with Gasteiger partial charge in [-0.15, -0.1) is 0 Å². The van der Waals surface area contributed by atoms with E-state index >= 15 is 0 Å². The quantitative estimate of drug-likeness (QED) is 0.334. The van der Waals surface area contributed by atoms with Crippen LogP contribution in [0.4, 0.5) is 0 Å². The smallest absolute Gasteiger partial charge is 0.198 e.